The van der Waals surface area contributed by atoms with Crippen LogP contribution in [0.15, 0.2) is 146 Å². The second kappa shape index (κ2) is 24.5. The summed E-state index contributed by atoms with van der Waals surface area (Å²) < 4.78 is 9.92. The smallest absolute Gasteiger partial charge is 0.411 e. The number of hydrogen-bond donors (Lipinski definition) is 2. The molecule has 340 valence electrons. The Morgan fingerprint density at radius 3 is 1.26 bits per heavy atom. The van der Waals surface area contributed by atoms with Crippen LogP contribution in [0.4, 0.5) is 32.3 Å². The fraction of sp³-hybridized carbons (Fsp3) is 0.333. The number of methoxy groups -OCH3 is 1. The van der Waals surface area contributed by atoms with E-state index in [1.54, 1.807) is 0 Å². The fourth-order valence-electron chi connectivity index (χ4n) is 9.56. The maximum atomic E-state index is 12.0. The number of amides is 2. The molecule has 65 heavy (non-hydrogen) atoms. The van der Waals surface area contributed by atoms with Crippen molar-refractivity contribution < 1.29 is 19.1 Å². The van der Waals surface area contributed by atoms with Crippen molar-refractivity contribution in [2.24, 2.45) is 0 Å². The summed E-state index contributed by atoms with van der Waals surface area (Å²) in [4.78, 5) is 28.9. The van der Waals surface area contributed by atoms with E-state index in [0.29, 0.717) is 18.4 Å². The third kappa shape index (κ3) is 12.2. The van der Waals surface area contributed by atoms with Gasteiger partial charge in [0, 0.05) is 60.8 Å². The lowest BCUT2D eigenvalue weighted by Crippen LogP contribution is -2.36. The largest absolute Gasteiger partial charge is 0.453 e. The van der Waals surface area contributed by atoms with Gasteiger partial charge in [-0.05, 0) is 116 Å². The van der Waals surface area contributed by atoms with E-state index in [1.165, 1.54) is 75.8 Å². The van der Waals surface area contributed by atoms with Crippen molar-refractivity contribution in [3.63, 3.8) is 0 Å². The second-order valence-corrected chi connectivity index (χ2v) is 16.4. The van der Waals surface area contributed by atoms with Crippen molar-refractivity contribution >= 4 is 34.9 Å². The first-order valence-corrected chi connectivity index (χ1v) is 23.6. The third-order valence-electron chi connectivity index (χ3n) is 12.6. The van der Waals surface area contributed by atoms with E-state index in [9.17, 15) is 9.59 Å². The van der Waals surface area contributed by atoms with Gasteiger partial charge >= 0.3 is 12.2 Å². The average molecular weight is 873 g/mol. The van der Waals surface area contributed by atoms with Crippen molar-refractivity contribution in [1.29, 1.82) is 0 Å². The number of rotatable bonds is 5. The molecular formula is C57H68N4O4. The molecular weight excluding hydrogens is 805 g/mol. The highest BCUT2D eigenvalue weighted by atomic mass is 16.5. The highest BCUT2D eigenvalue weighted by molar-refractivity contribution is 5.89. The van der Waals surface area contributed by atoms with Crippen molar-refractivity contribution in [2.75, 3.05) is 60.3 Å². The summed E-state index contributed by atoms with van der Waals surface area (Å²) in [7, 11) is 1.40. The number of carbonyl (C=O) groups excluding carboxylic acids is 2. The Kier molecular flexibility index (Phi) is 18.1. The molecule has 4 heterocycles. The van der Waals surface area contributed by atoms with Crippen LogP contribution in [0.5, 0.6) is 0 Å². The van der Waals surface area contributed by atoms with Crippen molar-refractivity contribution in [2.45, 2.75) is 85.0 Å². The average Bonchev–Trinajstić information content (AvgIpc) is 3.37. The molecule has 0 aliphatic carbocycles. The lowest BCUT2D eigenvalue weighted by atomic mass is 9.79. The van der Waals surface area contributed by atoms with Gasteiger partial charge in [-0.15, -0.1) is 0 Å². The molecule has 8 nitrogen and oxygen atoms in total. The lowest BCUT2D eigenvalue weighted by Gasteiger charge is -2.41. The van der Waals surface area contributed by atoms with Gasteiger partial charge in [0.15, 0.2) is 0 Å². The summed E-state index contributed by atoms with van der Waals surface area (Å²) in [6, 6.07) is 49.8. The quantitative estimate of drug-likeness (QED) is 0.180. The molecule has 4 aliphatic heterocycles. The zero-order valence-corrected chi connectivity index (χ0v) is 39.3. The number of nitrogens with zero attached hydrogens (tertiary/aromatic N) is 2. The molecule has 2 unspecified atom stereocenters. The minimum atomic E-state index is -0.407. The number of hydrogen-bond acceptors (Lipinski definition) is 6. The van der Waals surface area contributed by atoms with Crippen LogP contribution in [0.25, 0.3) is 0 Å². The van der Waals surface area contributed by atoms with Crippen LogP contribution in [-0.2, 0) is 22.3 Å². The fourth-order valence-corrected chi connectivity index (χ4v) is 9.56. The van der Waals surface area contributed by atoms with Crippen LogP contribution in [-0.4, -0.2) is 52.1 Å². The summed E-state index contributed by atoms with van der Waals surface area (Å²) in [6.07, 6.45) is 5.93. The molecule has 6 aromatic carbocycles. The number of nitrogens with one attached hydrogen (secondary N) is 2. The number of ether oxygens (including phenoxy) is 2. The highest BCUT2D eigenvalue weighted by Crippen LogP contribution is 2.48. The Morgan fingerprint density at radius 1 is 0.554 bits per heavy atom. The van der Waals surface area contributed by atoms with E-state index in [2.05, 4.69) is 107 Å². The van der Waals surface area contributed by atoms with Gasteiger partial charge in [-0.3, -0.25) is 10.6 Å². The van der Waals surface area contributed by atoms with Gasteiger partial charge in [0.1, 0.15) is 0 Å². The third-order valence-corrected chi connectivity index (χ3v) is 12.6. The zero-order valence-electron chi connectivity index (χ0n) is 39.3. The molecule has 2 amide bonds. The predicted octanol–water partition coefficient (Wildman–Crippen LogP) is 13.7. The van der Waals surface area contributed by atoms with Crippen LogP contribution in [0.2, 0.25) is 0 Å². The topological polar surface area (TPSA) is 83.1 Å². The van der Waals surface area contributed by atoms with Crippen LogP contribution in [0.1, 0.15) is 103 Å². The standard InChI is InChI=1S/C22H26N2O2.C21H24N2O2.2C6H6.C2H6/c1-3-26-22(25)23-20-14-19-18(16-8-5-4-6-9-16)11-13-24-12-7-10-17(15(20)2)21(19)24;1-14-16-9-6-11-23-12-10-17(15-7-4-3-5-8-15)18(20(16)23)13-19(14)22-21(24)25-2;2*1-2-4-6-5-3-1;1-2/h4-6,8-9,14,18H,3,7,10-13H2,1-2H3,(H,23,25);3-5,7-8,13,17H,6,9-12H2,1-2H3,(H,22,24);2*1-6H;1-2H3. The number of carbonyl (C=O) groups is 2. The normalized spacial score (nSPS) is 16.0. The molecule has 0 aromatic heterocycles. The molecule has 0 bridgehead atoms. The molecule has 2 atom stereocenters. The summed E-state index contributed by atoms with van der Waals surface area (Å²) in [6.45, 7) is 14.9. The summed E-state index contributed by atoms with van der Waals surface area (Å²) in [5.74, 6) is 0.755. The summed E-state index contributed by atoms with van der Waals surface area (Å²) in [5.41, 5.74) is 15.1. The summed E-state index contributed by atoms with van der Waals surface area (Å²) in [5, 5.41) is 5.88. The predicted molar refractivity (Wildman–Crippen MR) is 270 cm³/mol. The molecule has 2 N–H and O–H groups in total. The van der Waals surface area contributed by atoms with Crippen LogP contribution < -0.4 is 20.4 Å². The van der Waals surface area contributed by atoms with E-state index in [1.807, 2.05) is 93.6 Å². The van der Waals surface area contributed by atoms with Crippen molar-refractivity contribution in [3.8, 4) is 0 Å². The van der Waals surface area contributed by atoms with Crippen molar-refractivity contribution in [1.82, 2.24) is 0 Å². The Hall–Kier alpha value is -6.54. The van der Waals surface area contributed by atoms with Gasteiger partial charge in [0.2, 0.25) is 0 Å². The van der Waals surface area contributed by atoms with Gasteiger partial charge in [-0.1, -0.05) is 147 Å². The van der Waals surface area contributed by atoms with Gasteiger partial charge in [0.25, 0.3) is 0 Å². The van der Waals surface area contributed by atoms with E-state index in [-0.39, 0.29) is 6.09 Å². The van der Waals surface area contributed by atoms with Gasteiger partial charge in [-0.25, -0.2) is 9.59 Å². The first kappa shape index (κ1) is 47.9. The van der Waals surface area contributed by atoms with E-state index in [4.69, 9.17) is 9.47 Å². The minimum Gasteiger partial charge on any atom is -0.453 e. The van der Waals surface area contributed by atoms with Gasteiger partial charge < -0.3 is 19.3 Å². The first-order valence-electron chi connectivity index (χ1n) is 23.6. The van der Waals surface area contributed by atoms with E-state index >= 15 is 0 Å². The highest BCUT2D eigenvalue weighted by Gasteiger charge is 2.34. The maximum Gasteiger partial charge on any atom is 0.411 e. The van der Waals surface area contributed by atoms with Crippen molar-refractivity contribution in [3.05, 3.63) is 190 Å². The summed E-state index contributed by atoms with van der Waals surface area (Å²) >= 11 is 0. The number of benzene rings is 6. The Morgan fingerprint density at radius 2 is 0.908 bits per heavy atom. The Bertz CT molecular complexity index is 2310. The van der Waals surface area contributed by atoms with Crippen LogP contribution in [0.3, 0.4) is 0 Å². The second-order valence-electron chi connectivity index (χ2n) is 16.4. The van der Waals surface area contributed by atoms with Crippen LogP contribution in [0, 0.1) is 13.8 Å². The molecule has 10 rings (SSSR count). The molecule has 4 aliphatic rings. The molecule has 0 spiro atoms. The first-order chi connectivity index (χ1) is 31.9. The molecule has 6 aromatic rings. The zero-order chi connectivity index (χ0) is 46.0. The minimum absolute atomic E-state index is 0.373. The molecule has 0 saturated heterocycles. The Labute approximate surface area is 388 Å². The van der Waals surface area contributed by atoms with Crippen LogP contribution >= 0.6 is 0 Å². The van der Waals surface area contributed by atoms with Gasteiger partial charge in [0.05, 0.1) is 13.7 Å². The maximum absolute atomic E-state index is 12.0. The number of anilines is 4. The van der Waals surface area contributed by atoms with Gasteiger partial charge in [-0.2, -0.15) is 0 Å². The molecule has 0 saturated carbocycles. The van der Waals surface area contributed by atoms with E-state index < -0.39 is 6.09 Å². The molecule has 0 radical (unpaired) electrons. The lowest BCUT2D eigenvalue weighted by molar-refractivity contribution is 0.168. The molecule has 0 fully saturated rings. The Balaban J connectivity index is 0.000000166. The molecule has 8 heteroatoms. The van der Waals surface area contributed by atoms with E-state index in [0.717, 1.165) is 63.2 Å². The SMILES string of the molecule is CC.CCOC(=O)Nc1cc2c3c(c1C)CCCN3CCC2c1ccccc1.COC(=O)Nc1cc2c3c(c1C)CCCN3CCC2c1ccccc1.c1ccccc1.c1ccccc1. The monoisotopic (exact) mass is 873 g/mol.